The van der Waals surface area contributed by atoms with Gasteiger partial charge in [-0.15, -0.1) is 0 Å². The predicted octanol–water partition coefficient (Wildman–Crippen LogP) is 4.04. The summed E-state index contributed by atoms with van der Waals surface area (Å²) in [7, 11) is 1.65. The van der Waals surface area contributed by atoms with Gasteiger partial charge in [-0.05, 0) is 47.9 Å². The number of ether oxygens (including phenoxy) is 1. The Labute approximate surface area is 122 Å². The van der Waals surface area contributed by atoms with Gasteiger partial charge in [0.15, 0.2) is 0 Å². The Kier molecular flexibility index (Phi) is 4.61. The molecule has 0 saturated carbocycles. The molecule has 100 valence electrons. The minimum Gasteiger partial charge on any atom is -0.497 e. The van der Waals surface area contributed by atoms with Gasteiger partial charge in [-0.25, -0.2) is 0 Å². The van der Waals surface area contributed by atoms with Crippen LogP contribution in [-0.2, 0) is 6.42 Å². The number of aliphatic hydroxyl groups is 1. The van der Waals surface area contributed by atoms with Crippen molar-refractivity contribution in [3.05, 3.63) is 63.6 Å². The van der Waals surface area contributed by atoms with Crippen molar-refractivity contribution in [2.75, 3.05) is 7.11 Å². The molecule has 3 heteroatoms. The molecule has 2 aromatic rings. The molecule has 0 heterocycles. The number of hydrogen-bond donors (Lipinski definition) is 1. The van der Waals surface area contributed by atoms with Gasteiger partial charge in [0.1, 0.15) is 5.75 Å². The average molecular weight is 321 g/mol. The van der Waals surface area contributed by atoms with Crippen molar-refractivity contribution < 1.29 is 9.84 Å². The largest absolute Gasteiger partial charge is 0.497 e. The average Bonchev–Trinajstić information content (AvgIpc) is 2.39. The molecule has 0 saturated heterocycles. The highest BCUT2D eigenvalue weighted by atomic mass is 79.9. The summed E-state index contributed by atoms with van der Waals surface area (Å²) in [4.78, 5) is 0. The molecule has 0 aliphatic rings. The molecule has 0 fully saturated rings. The lowest BCUT2D eigenvalue weighted by Gasteiger charge is -2.14. The highest BCUT2D eigenvalue weighted by Crippen LogP contribution is 2.25. The molecule has 1 N–H and O–H groups in total. The summed E-state index contributed by atoms with van der Waals surface area (Å²) in [5, 5.41) is 10.3. The molecule has 19 heavy (non-hydrogen) atoms. The second kappa shape index (κ2) is 6.22. The van der Waals surface area contributed by atoms with Crippen LogP contribution in [0.25, 0.3) is 0 Å². The van der Waals surface area contributed by atoms with E-state index in [2.05, 4.69) is 15.9 Å². The maximum Gasteiger partial charge on any atom is 0.118 e. The topological polar surface area (TPSA) is 29.5 Å². The Hall–Kier alpha value is -1.32. The quantitative estimate of drug-likeness (QED) is 0.921. The van der Waals surface area contributed by atoms with Gasteiger partial charge in [0.25, 0.3) is 0 Å². The Balaban J connectivity index is 2.13. The maximum atomic E-state index is 10.3. The SMILES string of the molecule is COc1ccc(CC(O)c2ccc(Br)cc2C)cc1. The first-order chi connectivity index (χ1) is 9.10. The van der Waals surface area contributed by atoms with Crippen molar-refractivity contribution in [3.8, 4) is 5.75 Å². The first-order valence-corrected chi connectivity index (χ1v) is 6.96. The van der Waals surface area contributed by atoms with Crippen molar-refractivity contribution >= 4 is 15.9 Å². The first kappa shape index (κ1) is 14.1. The third kappa shape index (κ3) is 3.58. The Bertz CT molecular complexity index is 549. The molecule has 0 aliphatic heterocycles. The van der Waals surface area contributed by atoms with Gasteiger partial charge in [0.05, 0.1) is 13.2 Å². The molecule has 2 aromatic carbocycles. The van der Waals surface area contributed by atoms with E-state index in [-0.39, 0.29) is 0 Å². The Morgan fingerprint density at radius 3 is 2.42 bits per heavy atom. The number of halogens is 1. The highest BCUT2D eigenvalue weighted by Gasteiger charge is 2.11. The van der Waals surface area contributed by atoms with E-state index in [9.17, 15) is 5.11 Å². The standard InChI is InChI=1S/C16H17BrO2/c1-11-9-13(17)5-8-15(11)16(18)10-12-3-6-14(19-2)7-4-12/h3-9,16,18H,10H2,1-2H3. The van der Waals surface area contributed by atoms with Crippen LogP contribution in [-0.4, -0.2) is 12.2 Å². The van der Waals surface area contributed by atoms with Crippen LogP contribution >= 0.6 is 15.9 Å². The third-order valence-corrected chi connectivity index (χ3v) is 3.67. The predicted molar refractivity (Wildman–Crippen MR) is 80.5 cm³/mol. The van der Waals surface area contributed by atoms with Crippen LogP contribution in [0, 0.1) is 6.92 Å². The number of rotatable bonds is 4. The lowest BCUT2D eigenvalue weighted by atomic mass is 9.98. The summed E-state index contributed by atoms with van der Waals surface area (Å²) >= 11 is 3.43. The molecule has 0 spiro atoms. The molecule has 2 nitrogen and oxygen atoms in total. The molecular weight excluding hydrogens is 304 g/mol. The van der Waals surface area contributed by atoms with Crippen LogP contribution in [0.2, 0.25) is 0 Å². The van der Waals surface area contributed by atoms with Gasteiger partial charge in [-0.1, -0.05) is 34.1 Å². The molecular formula is C16H17BrO2. The van der Waals surface area contributed by atoms with Crippen molar-refractivity contribution in [3.63, 3.8) is 0 Å². The van der Waals surface area contributed by atoms with Gasteiger partial charge < -0.3 is 9.84 Å². The normalized spacial score (nSPS) is 12.2. The zero-order chi connectivity index (χ0) is 13.8. The summed E-state index contributed by atoms with van der Waals surface area (Å²) in [6.45, 7) is 2.01. The Morgan fingerprint density at radius 2 is 1.84 bits per heavy atom. The second-order valence-corrected chi connectivity index (χ2v) is 5.48. The van der Waals surface area contributed by atoms with Crippen molar-refractivity contribution in [2.45, 2.75) is 19.4 Å². The summed E-state index contributed by atoms with van der Waals surface area (Å²) in [5.74, 6) is 0.832. The van der Waals surface area contributed by atoms with Crippen LogP contribution in [0.5, 0.6) is 5.75 Å². The molecule has 0 aromatic heterocycles. The Morgan fingerprint density at radius 1 is 1.16 bits per heavy atom. The summed E-state index contributed by atoms with van der Waals surface area (Å²) in [6.07, 6.45) is 0.119. The zero-order valence-corrected chi connectivity index (χ0v) is 12.6. The summed E-state index contributed by atoms with van der Waals surface area (Å²) < 4.78 is 6.16. The molecule has 0 radical (unpaired) electrons. The molecule has 0 aliphatic carbocycles. The minimum atomic E-state index is -0.485. The van der Waals surface area contributed by atoms with Crippen molar-refractivity contribution in [1.29, 1.82) is 0 Å². The van der Waals surface area contributed by atoms with Gasteiger partial charge in [0.2, 0.25) is 0 Å². The third-order valence-electron chi connectivity index (χ3n) is 3.18. The smallest absolute Gasteiger partial charge is 0.118 e. The van der Waals surface area contributed by atoms with E-state index < -0.39 is 6.10 Å². The van der Waals surface area contributed by atoms with E-state index >= 15 is 0 Å². The lowest BCUT2D eigenvalue weighted by Crippen LogP contribution is -2.03. The number of benzene rings is 2. The zero-order valence-electron chi connectivity index (χ0n) is 11.1. The first-order valence-electron chi connectivity index (χ1n) is 6.17. The van der Waals surface area contributed by atoms with Crippen LogP contribution in [0.4, 0.5) is 0 Å². The maximum absolute atomic E-state index is 10.3. The van der Waals surface area contributed by atoms with E-state index in [1.165, 1.54) is 0 Å². The number of aryl methyl sites for hydroxylation is 1. The van der Waals surface area contributed by atoms with Crippen LogP contribution in [0.1, 0.15) is 22.8 Å². The van der Waals surface area contributed by atoms with Crippen molar-refractivity contribution in [1.82, 2.24) is 0 Å². The van der Waals surface area contributed by atoms with E-state index in [4.69, 9.17) is 4.74 Å². The summed E-state index contributed by atoms with van der Waals surface area (Å²) in [6, 6.07) is 13.7. The van der Waals surface area contributed by atoms with Gasteiger partial charge in [-0.3, -0.25) is 0 Å². The fraction of sp³-hybridized carbons (Fsp3) is 0.250. The molecule has 2 rings (SSSR count). The molecule has 1 unspecified atom stereocenters. The van der Waals surface area contributed by atoms with Crippen molar-refractivity contribution in [2.24, 2.45) is 0 Å². The number of methoxy groups -OCH3 is 1. The monoisotopic (exact) mass is 320 g/mol. The van der Waals surface area contributed by atoms with Gasteiger partial charge in [-0.2, -0.15) is 0 Å². The van der Waals surface area contributed by atoms with Gasteiger partial charge >= 0.3 is 0 Å². The van der Waals surface area contributed by atoms with E-state index in [1.807, 2.05) is 49.4 Å². The number of hydrogen-bond acceptors (Lipinski definition) is 2. The van der Waals surface area contributed by atoms with Crippen LogP contribution < -0.4 is 4.74 Å². The molecule has 1 atom stereocenters. The lowest BCUT2D eigenvalue weighted by molar-refractivity contribution is 0.177. The summed E-state index contributed by atoms with van der Waals surface area (Å²) in [5.41, 5.74) is 3.16. The number of aliphatic hydroxyl groups excluding tert-OH is 1. The van der Waals surface area contributed by atoms with Gasteiger partial charge in [0, 0.05) is 10.9 Å². The fourth-order valence-corrected chi connectivity index (χ4v) is 2.58. The minimum absolute atomic E-state index is 0.485. The van der Waals surface area contributed by atoms with Crippen LogP contribution in [0.15, 0.2) is 46.9 Å². The molecule has 0 bridgehead atoms. The van der Waals surface area contributed by atoms with Crippen LogP contribution in [0.3, 0.4) is 0 Å². The second-order valence-electron chi connectivity index (χ2n) is 4.57. The van der Waals surface area contributed by atoms with E-state index in [1.54, 1.807) is 7.11 Å². The highest BCUT2D eigenvalue weighted by molar-refractivity contribution is 9.10. The molecule has 0 amide bonds. The fourth-order valence-electron chi connectivity index (χ4n) is 2.11. The van der Waals surface area contributed by atoms with E-state index in [0.717, 1.165) is 26.9 Å². The van der Waals surface area contributed by atoms with E-state index in [0.29, 0.717) is 6.42 Å².